The highest BCUT2D eigenvalue weighted by molar-refractivity contribution is 4.70. The molecule has 0 bridgehead atoms. The molecule has 0 aromatic heterocycles. The molecule has 19 heavy (non-hydrogen) atoms. The molecule has 116 valence electrons. The monoisotopic (exact) mass is 271 g/mol. The van der Waals surface area contributed by atoms with Gasteiger partial charge in [-0.15, -0.1) is 0 Å². The Hall–Kier alpha value is -0.120. The Morgan fingerprint density at radius 1 is 0.632 bits per heavy atom. The fourth-order valence-corrected chi connectivity index (χ4v) is 2.50. The molecule has 0 rings (SSSR count). The van der Waals surface area contributed by atoms with Gasteiger partial charge in [-0.1, -0.05) is 6.92 Å². The van der Waals surface area contributed by atoms with E-state index in [9.17, 15) is 0 Å². The molecule has 2 unspecified atom stereocenters. The van der Waals surface area contributed by atoms with Crippen molar-refractivity contribution in [3.05, 3.63) is 0 Å². The van der Waals surface area contributed by atoms with E-state index >= 15 is 0 Å². The number of hydrogen-bond donors (Lipinski definition) is 0. The van der Waals surface area contributed by atoms with Crippen LogP contribution in [0.4, 0.5) is 0 Å². The molecule has 0 aromatic carbocycles. The molecule has 0 heterocycles. The molecule has 3 heteroatoms. The lowest BCUT2D eigenvalue weighted by Gasteiger charge is -2.27. The van der Waals surface area contributed by atoms with Crippen molar-refractivity contribution < 1.29 is 0 Å². The van der Waals surface area contributed by atoms with Gasteiger partial charge in [-0.25, -0.2) is 0 Å². The lowest BCUT2D eigenvalue weighted by Crippen LogP contribution is -2.24. The Balaban J connectivity index is 4.14. The van der Waals surface area contributed by atoms with Gasteiger partial charge in [0, 0.05) is 0 Å². The van der Waals surface area contributed by atoms with Gasteiger partial charge in [0.15, 0.2) is 0 Å². The predicted molar refractivity (Wildman–Crippen MR) is 86.8 cm³/mol. The summed E-state index contributed by atoms with van der Waals surface area (Å²) in [7, 11) is 13.1. The highest BCUT2D eigenvalue weighted by Crippen LogP contribution is 2.24. The van der Waals surface area contributed by atoms with Crippen molar-refractivity contribution >= 4 is 0 Å². The van der Waals surface area contributed by atoms with Crippen LogP contribution in [0.1, 0.15) is 32.6 Å². The van der Waals surface area contributed by atoms with Crippen molar-refractivity contribution in [3.8, 4) is 0 Å². The van der Waals surface area contributed by atoms with Gasteiger partial charge in [-0.3, -0.25) is 0 Å². The fourth-order valence-electron chi connectivity index (χ4n) is 2.50. The van der Waals surface area contributed by atoms with Crippen molar-refractivity contribution in [2.24, 2.45) is 11.8 Å². The summed E-state index contributed by atoms with van der Waals surface area (Å²) in [5.41, 5.74) is 0. The smallest absolute Gasteiger partial charge is 0.00221 e. The number of rotatable bonds is 11. The average molecular weight is 271 g/mol. The minimum atomic E-state index is 0.838. The van der Waals surface area contributed by atoms with E-state index in [1.165, 1.54) is 45.3 Å². The molecule has 3 nitrogen and oxygen atoms in total. The topological polar surface area (TPSA) is 9.72 Å². The molecule has 0 fully saturated rings. The van der Waals surface area contributed by atoms with Crippen LogP contribution in [-0.4, -0.2) is 76.6 Å². The Bertz CT molecular complexity index is 202. The largest absolute Gasteiger partial charge is 0.309 e. The van der Waals surface area contributed by atoms with Crippen molar-refractivity contribution in [1.82, 2.24) is 14.7 Å². The second-order valence-electron chi connectivity index (χ2n) is 6.87. The van der Waals surface area contributed by atoms with Crippen LogP contribution < -0.4 is 0 Å². The zero-order valence-corrected chi connectivity index (χ0v) is 14.4. The Kier molecular flexibility index (Phi) is 10.6. The summed E-state index contributed by atoms with van der Waals surface area (Å²) in [6.45, 7) is 6.10. The summed E-state index contributed by atoms with van der Waals surface area (Å²) in [5, 5.41) is 0. The zero-order valence-electron chi connectivity index (χ0n) is 14.4. The Morgan fingerprint density at radius 3 is 1.58 bits per heavy atom. The summed E-state index contributed by atoms with van der Waals surface area (Å²) in [6.07, 6.45) is 5.38. The molecule has 0 saturated carbocycles. The summed E-state index contributed by atoms with van der Waals surface area (Å²) in [6, 6.07) is 0. The molecule has 0 spiro atoms. The van der Waals surface area contributed by atoms with E-state index in [2.05, 4.69) is 63.9 Å². The highest BCUT2D eigenvalue weighted by atomic mass is 15.1. The Morgan fingerprint density at radius 2 is 1.11 bits per heavy atom. The Labute approximate surface area is 121 Å². The first-order valence-electron chi connectivity index (χ1n) is 7.77. The average Bonchev–Trinajstić information content (AvgIpc) is 2.29. The van der Waals surface area contributed by atoms with E-state index < -0.39 is 0 Å². The third-order valence-corrected chi connectivity index (χ3v) is 3.96. The van der Waals surface area contributed by atoms with Crippen LogP contribution in [0.25, 0.3) is 0 Å². The molecule has 0 N–H and O–H groups in total. The van der Waals surface area contributed by atoms with Gasteiger partial charge in [0.05, 0.1) is 0 Å². The van der Waals surface area contributed by atoms with Crippen LogP contribution in [0.15, 0.2) is 0 Å². The van der Waals surface area contributed by atoms with Crippen LogP contribution >= 0.6 is 0 Å². The first-order valence-corrected chi connectivity index (χ1v) is 7.77. The molecule has 2 atom stereocenters. The van der Waals surface area contributed by atoms with Crippen molar-refractivity contribution in [2.75, 3.05) is 61.9 Å². The van der Waals surface area contributed by atoms with Crippen molar-refractivity contribution in [1.29, 1.82) is 0 Å². The number of nitrogens with zero attached hydrogens (tertiary/aromatic N) is 3. The van der Waals surface area contributed by atoms with Crippen LogP contribution in [0.3, 0.4) is 0 Å². The lowest BCUT2D eigenvalue weighted by molar-refractivity contribution is 0.232. The molecule has 0 aliphatic carbocycles. The standard InChI is InChI=1S/C16H37N3/c1-15(10-13-18(4)5)16(11-14-19(6)7)9-8-12-17(2)3/h15-16H,8-14H2,1-7H3. The van der Waals surface area contributed by atoms with E-state index in [1.807, 2.05) is 0 Å². The molecule has 0 amide bonds. The van der Waals surface area contributed by atoms with Crippen LogP contribution in [0.2, 0.25) is 0 Å². The normalized spacial score (nSPS) is 15.5. The van der Waals surface area contributed by atoms with Crippen molar-refractivity contribution in [3.63, 3.8) is 0 Å². The van der Waals surface area contributed by atoms with Gasteiger partial charge in [-0.2, -0.15) is 0 Å². The van der Waals surface area contributed by atoms with E-state index in [1.54, 1.807) is 0 Å². The minimum absolute atomic E-state index is 0.838. The van der Waals surface area contributed by atoms with Gasteiger partial charge in [0.25, 0.3) is 0 Å². The van der Waals surface area contributed by atoms with Gasteiger partial charge in [0.2, 0.25) is 0 Å². The number of hydrogen-bond acceptors (Lipinski definition) is 3. The third kappa shape index (κ3) is 11.4. The highest BCUT2D eigenvalue weighted by Gasteiger charge is 2.17. The first kappa shape index (κ1) is 18.9. The maximum absolute atomic E-state index is 2.44. The molecular weight excluding hydrogens is 234 g/mol. The molecule has 0 radical (unpaired) electrons. The van der Waals surface area contributed by atoms with Gasteiger partial charge < -0.3 is 14.7 Å². The second kappa shape index (κ2) is 10.6. The quantitative estimate of drug-likeness (QED) is 0.572. The van der Waals surface area contributed by atoms with Gasteiger partial charge in [0.1, 0.15) is 0 Å². The second-order valence-corrected chi connectivity index (χ2v) is 6.87. The lowest BCUT2D eigenvalue weighted by atomic mass is 9.84. The van der Waals surface area contributed by atoms with E-state index in [4.69, 9.17) is 0 Å². The van der Waals surface area contributed by atoms with Crippen LogP contribution in [0, 0.1) is 11.8 Å². The SMILES string of the molecule is CC(CCN(C)C)C(CCCN(C)C)CCN(C)C. The molecule has 0 aliphatic heterocycles. The maximum Gasteiger partial charge on any atom is -0.00221 e. The first-order chi connectivity index (χ1) is 8.82. The van der Waals surface area contributed by atoms with E-state index in [-0.39, 0.29) is 0 Å². The molecule has 0 saturated heterocycles. The summed E-state index contributed by atoms with van der Waals surface area (Å²) < 4.78 is 0. The van der Waals surface area contributed by atoms with Crippen molar-refractivity contribution in [2.45, 2.75) is 32.6 Å². The minimum Gasteiger partial charge on any atom is -0.309 e. The van der Waals surface area contributed by atoms with Gasteiger partial charge in [-0.05, 0) is 99.4 Å². The summed E-state index contributed by atoms with van der Waals surface area (Å²) in [5.74, 6) is 1.71. The van der Waals surface area contributed by atoms with E-state index in [0.717, 1.165) is 11.8 Å². The zero-order chi connectivity index (χ0) is 14.8. The molecule has 0 aromatic rings. The van der Waals surface area contributed by atoms with Crippen LogP contribution in [0.5, 0.6) is 0 Å². The van der Waals surface area contributed by atoms with Gasteiger partial charge >= 0.3 is 0 Å². The molecule has 0 aliphatic rings. The predicted octanol–water partition coefficient (Wildman–Crippen LogP) is 2.48. The maximum atomic E-state index is 2.44. The van der Waals surface area contributed by atoms with Crippen LogP contribution in [-0.2, 0) is 0 Å². The fraction of sp³-hybridized carbons (Fsp3) is 1.00. The third-order valence-electron chi connectivity index (χ3n) is 3.96. The summed E-state index contributed by atoms with van der Waals surface area (Å²) in [4.78, 5) is 6.92. The van der Waals surface area contributed by atoms with E-state index in [0.29, 0.717) is 0 Å². The summed E-state index contributed by atoms with van der Waals surface area (Å²) >= 11 is 0. The molecular formula is C16H37N3.